The fourth-order valence-electron chi connectivity index (χ4n) is 3.11. The maximum atomic E-state index is 12.5. The molecule has 2 amide bonds. The van der Waals surface area contributed by atoms with Gasteiger partial charge in [-0.15, -0.1) is 0 Å². The van der Waals surface area contributed by atoms with Crippen LogP contribution in [0.1, 0.15) is 11.1 Å². The Labute approximate surface area is 158 Å². The molecule has 136 valence electrons. The Morgan fingerprint density at radius 2 is 1.73 bits per heavy atom. The van der Waals surface area contributed by atoms with Gasteiger partial charge in [0.2, 0.25) is 0 Å². The van der Waals surface area contributed by atoms with Crippen molar-refractivity contribution in [2.24, 2.45) is 0 Å². The normalized spacial score (nSPS) is 14.3. The van der Waals surface area contributed by atoms with Crippen molar-refractivity contribution < 1.29 is 9.59 Å². The number of piperazine rings is 1. The van der Waals surface area contributed by atoms with Crippen molar-refractivity contribution in [1.29, 1.82) is 0 Å². The molecule has 6 heteroatoms. The van der Waals surface area contributed by atoms with Gasteiger partial charge >= 0.3 is 11.8 Å². The molecular formula is C20H22ClN3O2. The van der Waals surface area contributed by atoms with Crippen LogP contribution in [-0.2, 0) is 9.59 Å². The van der Waals surface area contributed by atoms with E-state index in [-0.39, 0.29) is 0 Å². The van der Waals surface area contributed by atoms with Crippen molar-refractivity contribution in [1.82, 2.24) is 4.90 Å². The molecule has 1 aliphatic rings. The van der Waals surface area contributed by atoms with Gasteiger partial charge < -0.3 is 15.1 Å². The number of nitrogens with one attached hydrogen (secondary N) is 1. The third-order valence-corrected chi connectivity index (χ3v) is 4.80. The standard InChI is InChI=1S/C20H22ClN3O2/c1-14-6-7-18(15(2)12-14)22-19(25)20(26)24-10-8-23(9-11-24)17-5-3-4-16(21)13-17/h3-7,12-13H,8-11H2,1-2H3,(H,22,25). The van der Waals surface area contributed by atoms with E-state index >= 15 is 0 Å². The van der Waals surface area contributed by atoms with E-state index < -0.39 is 11.8 Å². The van der Waals surface area contributed by atoms with E-state index in [9.17, 15) is 9.59 Å². The van der Waals surface area contributed by atoms with E-state index in [2.05, 4.69) is 10.2 Å². The highest BCUT2D eigenvalue weighted by Gasteiger charge is 2.26. The first-order valence-corrected chi connectivity index (χ1v) is 9.00. The third-order valence-electron chi connectivity index (χ3n) is 4.56. The molecule has 2 aromatic rings. The van der Waals surface area contributed by atoms with E-state index in [1.165, 1.54) is 0 Å². The zero-order valence-corrected chi connectivity index (χ0v) is 15.7. The molecule has 0 unspecified atom stereocenters. The Balaban J connectivity index is 1.58. The minimum absolute atomic E-state index is 0.490. The second kappa shape index (κ2) is 7.79. The van der Waals surface area contributed by atoms with Crippen LogP contribution < -0.4 is 10.2 Å². The minimum Gasteiger partial charge on any atom is -0.368 e. The Hall–Kier alpha value is -2.53. The zero-order valence-electron chi connectivity index (χ0n) is 15.0. The maximum absolute atomic E-state index is 12.5. The molecule has 1 N–H and O–H groups in total. The van der Waals surface area contributed by atoms with Crippen LogP contribution in [0.25, 0.3) is 0 Å². The molecule has 0 bridgehead atoms. The number of anilines is 2. The van der Waals surface area contributed by atoms with Gasteiger partial charge in [0.15, 0.2) is 0 Å². The second-order valence-corrected chi connectivity index (χ2v) is 6.97. The lowest BCUT2D eigenvalue weighted by Gasteiger charge is -2.35. The summed E-state index contributed by atoms with van der Waals surface area (Å²) in [6, 6.07) is 13.4. The highest BCUT2D eigenvalue weighted by molar-refractivity contribution is 6.39. The quantitative estimate of drug-likeness (QED) is 0.824. The van der Waals surface area contributed by atoms with Gasteiger partial charge in [-0.05, 0) is 43.7 Å². The summed E-state index contributed by atoms with van der Waals surface area (Å²) in [4.78, 5) is 28.5. The molecule has 0 aromatic heterocycles. The lowest BCUT2D eigenvalue weighted by molar-refractivity contribution is -0.143. The van der Waals surface area contributed by atoms with Crippen molar-refractivity contribution in [3.8, 4) is 0 Å². The third kappa shape index (κ3) is 4.17. The summed E-state index contributed by atoms with van der Waals surface area (Å²) in [7, 11) is 0. The Kier molecular flexibility index (Phi) is 5.47. The van der Waals surface area contributed by atoms with Gasteiger partial charge in [-0.2, -0.15) is 0 Å². The fraction of sp³-hybridized carbons (Fsp3) is 0.300. The molecule has 0 radical (unpaired) electrons. The maximum Gasteiger partial charge on any atom is 0.313 e. The molecule has 0 saturated carbocycles. The summed E-state index contributed by atoms with van der Waals surface area (Å²) in [5.74, 6) is -1.08. The molecule has 26 heavy (non-hydrogen) atoms. The fourth-order valence-corrected chi connectivity index (χ4v) is 3.30. The van der Waals surface area contributed by atoms with Crippen LogP contribution in [0.3, 0.4) is 0 Å². The second-order valence-electron chi connectivity index (χ2n) is 6.53. The predicted octanol–water partition coefficient (Wildman–Crippen LogP) is 3.24. The van der Waals surface area contributed by atoms with Gasteiger partial charge in [-0.1, -0.05) is 35.4 Å². The van der Waals surface area contributed by atoms with Crippen LogP contribution in [0.5, 0.6) is 0 Å². The van der Waals surface area contributed by atoms with Gasteiger partial charge in [-0.25, -0.2) is 0 Å². The van der Waals surface area contributed by atoms with Gasteiger partial charge in [-0.3, -0.25) is 9.59 Å². The summed E-state index contributed by atoms with van der Waals surface area (Å²) in [5, 5.41) is 3.41. The molecule has 1 heterocycles. The van der Waals surface area contributed by atoms with Gasteiger partial charge in [0.1, 0.15) is 0 Å². The first-order chi connectivity index (χ1) is 12.4. The van der Waals surface area contributed by atoms with Crippen LogP contribution in [0.4, 0.5) is 11.4 Å². The number of amides is 2. The van der Waals surface area contributed by atoms with Crippen LogP contribution in [-0.4, -0.2) is 42.9 Å². The Morgan fingerprint density at radius 3 is 2.38 bits per heavy atom. The summed E-state index contributed by atoms with van der Waals surface area (Å²) in [6.45, 7) is 6.25. The summed E-state index contributed by atoms with van der Waals surface area (Å²) < 4.78 is 0. The molecule has 0 atom stereocenters. The van der Waals surface area contributed by atoms with Crippen molar-refractivity contribution in [3.63, 3.8) is 0 Å². The highest BCUT2D eigenvalue weighted by atomic mass is 35.5. The van der Waals surface area contributed by atoms with E-state index in [1.54, 1.807) is 4.90 Å². The van der Waals surface area contributed by atoms with Crippen molar-refractivity contribution in [2.45, 2.75) is 13.8 Å². The zero-order chi connectivity index (χ0) is 18.7. The Bertz CT molecular complexity index is 830. The smallest absolute Gasteiger partial charge is 0.313 e. The number of carbonyl (C=O) groups excluding carboxylic acids is 2. The number of carbonyl (C=O) groups is 2. The lowest BCUT2D eigenvalue weighted by Crippen LogP contribution is -2.51. The topological polar surface area (TPSA) is 52.7 Å². The van der Waals surface area contributed by atoms with Crippen molar-refractivity contribution in [3.05, 3.63) is 58.6 Å². The number of halogens is 1. The number of aryl methyl sites for hydroxylation is 2. The molecule has 2 aromatic carbocycles. The Morgan fingerprint density at radius 1 is 1.00 bits per heavy atom. The van der Waals surface area contributed by atoms with Crippen LogP contribution in [0, 0.1) is 13.8 Å². The van der Waals surface area contributed by atoms with Crippen LogP contribution in [0.15, 0.2) is 42.5 Å². The predicted molar refractivity (Wildman–Crippen MR) is 105 cm³/mol. The largest absolute Gasteiger partial charge is 0.368 e. The number of benzene rings is 2. The molecule has 1 saturated heterocycles. The van der Waals surface area contributed by atoms with Crippen LogP contribution in [0.2, 0.25) is 5.02 Å². The molecule has 3 rings (SSSR count). The van der Waals surface area contributed by atoms with Gasteiger partial charge in [0, 0.05) is 42.6 Å². The molecule has 0 spiro atoms. The van der Waals surface area contributed by atoms with Gasteiger partial charge in [0.05, 0.1) is 0 Å². The average molecular weight is 372 g/mol. The molecule has 0 aliphatic carbocycles. The summed E-state index contributed by atoms with van der Waals surface area (Å²) in [6.07, 6.45) is 0. The number of hydrogen-bond acceptors (Lipinski definition) is 3. The SMILES string of the molecule is Cc1ccc(NC(=O)C(=O)N2CCN(c3cccc(Cl)c3)CC2)c(C)c1. The number of rotatable bonds is 2. The number of hydrogen-bond donors (Lipinski definition) is 1. The van der Waals surface area contributed by atoms with Crippen molar-refractivity contribution in [2.75, 3.05) is 36.4 Å². The molecule has 1 fully saturated rings. The first-order valence-electron chi connectivity index (χ1n) is 8.62. The monoisotopic (exact) mass is 371 g/mol. The summed E-state index contributed by atoms with van der Waals surface area (Å²) in [5.41, 5.74) is 3.76. The van der Waals surface area contributed by atoms with Crippen LogP contribution >= 0.6 is 11.6 Å². The molecule has 1 aliphatic heterocycles. The average Bonchev–Trinajstić information content (AvgIpc) is 2.63. The highest BCUT2D eigenvalue weighted by Crippen LogP contribution is 2.21. The van der Waals surface area contributed by atoms with E-state index in [1.807, 2.05) is 56.3 Å². The molecule has 5 nitrogen and oxygen atoms in total. The van der Waals surface area contributed by atoms with E-state index in [0.29, 0.717) is 36.9 Å². The summed E-state index contributed by atoms with van der Waals surface area (Å²) >= 11 is 6.04. The van der Waals surface area contributed by atoms with E-state index in [4.69, 9.17) is 11.6 Å². The first kappa shape index (κ1) is 18.3. The van der Waals surface area contributed by atoms with E-state index in [0.717, 1.165) is 16.8 Å². The number of nitrogens with zero attached hydrogens (tertiary/aromatic N) is 2. The minimum atomic E-state index is -0.590. The lowest BCUT2D eigenvalue weighted by atomic mass is 10.1. The van der Waals surface area contributed by atoms with Gasteiger partial charge in [0.25, 0.3) is 0 Å². The molecular weight excluding hydrogens is 350 g/mol. The van der Waals surface area contributed by atoms with Crippen molar-refractivity contribution >= 4 is 34.8 Å².